The number of aromatic amines is 1. The number of aromatic nitrogens is 3. The van der Waals surface area contributed by atoms with E-state index in [0.717, 1.165) is 16.3 Å². The molecule has 172 valence electrons. The Morgan fingerprint density at radius 2 is 1.59 bits per heavy atom. The Labute approximate surface area is 260 Å². The summed E-state index contributed by atoms with van der Waals surface area (Å²) in [6, 6.07) is 27.5. The first-order chi connectivity index (χ1) is 17.6. The predicted molar refractivity (Wildman–Crippen MR) is 140 cm³/mol. The number of furan rings is 1. The van der Waals surface area contributed by atoms with Crippen LogP contribution in [0.2, 0.25) is 0 Å². The van der Waals surface area contributed by atoms with Gasteiger partial charge in [0.05, 0.1) is 21.7 Å². The summed E-state index contributed by atoms with van der Waals surface area (Å²) in [5.41, 5.74) is 3.25. The maximum atomic E-state index is 15.3. The maximum absolute atomic E-state index is 15.3. The van der Waals surface area contributed by atoms with E-state index in [0.29, 0.717) is 43.6 Å². The Balaban J connectivity index is 0.00000252. The molecule has 1 unspecified atom stereocenters. The van der Waals surface area contributed by atoms with Gasteiger partial charge in [0.25, 0.3) is 5.52 Å². The van der Waals surface area contributed by atoms with E-state index >= 15 is 4.57 Å². The van der Waals surface area contributed by atoms with Crippen LogP contribution in [0.4, 0.5) is 0 Å². The molecule has 0 saturated carbocycles. The largest absolute Gasteiger partial charge is 1.00 e. The summed E-state index contributed by atoms with van der Waals surface area (Å²) in [7, 11) is -3.56. The third-order valence-corrected chi connectivity index (χ3v) is 9.53. The van der Waals surface area contributed by atoms with Crippen molar-refractivity contribution in [2.24, 2.45) is 0 Å². The van der Waals surface area contributed by atoms with Gasteiger partial charge >= 0.3 is 58.2 Å². The molecule has 7 aromatic rings. The molecule has 0 aliphatic carbocycles. The Hall–Kier alpha value is -2.73. The van der Waals surface area contributed by atoms with Gasteiger partial charge < -0.3 is 14.1 Å². The quantitative estimate of drug-likeness (QED) is 0.234. The third-order valence-electron chi connectivity index (χ3n) is 6.58. The molecule has 0 bridgehead atoms. The van der Waals surface area contributed by atoms with E-state index in [4.69, 9.17) is 9.40 Å². The number of benzene rings is 3. The van der Waals surface area contributed by atoms with Crippen molar-refractivity contribution in [1.82, 2.24) is 9.97 Å². The zero-order valence-electron chi connectivity index (χ0n) is 19.9. The van der Waals surface area contributed by atoms with E-state index in [-0.39, 0.29) is 63.9 Å². The summed E-state index contributed by atoms with van der Waals surface area (Å²) < 4.78 is 21.5. The fraction of sp³-hybridized carbons (Fsp3) is 0. The van der Waals surface area contributed by atoms with Crippen LogP contribution in [0.15, 0.2) is 108 Å². The van der Waals surface area contributed by atoms with Gasteiger partial charge in [-0.1, -0.05) is 66.4 Å². The van der Waals surface area contributed by atoms with Gasteiger partial charge in [0.15, 0.2) is 24.5 Å². The van der Waals surface area contributed by atoms with Crippen molar-refractivity contribution in [2.75, 3.05) is 0 Å². The smallest absolute Gasteiger partial charge is 0.872 e. The summed E-state index contributed by atoms with van der Waals surface area (Å²) in [6.45, 7) is 0. The third kappa shape index (κ3) is 3.82. The average Bonchev–Trinajstić information content (AvgIpc) is 3.33. The number of hydrogen-bond acceptors (Lipinski definition) is 5. The van der Waals surface area contributed by atoms with E-state index in [1.165, 1.54) is 6.07 Å². The van der Waals surface area contributed by atoms with Crippen LogP contribution in [0.3, 0.4) is 0 Å². The molecule has 37 heavy (non-hydrogen) atoms. The number of H-pyrrole nitrogens is 1. The van der Waals surface area contributed by atoms with Gasteiger partial charge in [-0.3, -0.25) is 4.98 Å². The molecule has 0 aliphatic heterocycles. The van der Waals surface area contributed by atoms with Crippen molar-refractivity contribution in [3.05, 3.63) is 103 Å². The average molecular weight is 573 g/mol. The van der Waals surface area contributed by atoms with Crippen LogP contribution in [0.1, 0.15) is 0 Å². The second-order valence-electron chi connectivity index (χ2n) is 8.63. The number of rotatable bonds is 3. The number of hydrogen-bond donors (Lipinski definition) is 0. The second kappa shape index (κ2) is 9.54. The number of nitrogens with zero attached hydrogens (tertiary/aromatic N) is 2. The fourth-order valence-corrected chi connectivity index (χ4v) is 7.51. The van der Waals surface area contributed by atoms with E-state index in [2.05, 4.69) is 9.97 Å². The standard InChI is InChI=1S/C29H18N3O3P.Rb/c33-21-13-14-23(29-25(21)28-22(35-29)9-5-17-31-28)36(34,20-7-2-1-3-8-20)24-15-12-19-11-10-18-6-4-16-30-26(18)27(19)32-24;/h1-17,33H;/q;+1. The number of fused-ring (bicyclic) bond motifs is 6. The minimum atomic E-state index is -3.56. The van der Waals surface area contributed by atoms with E-state index in [1.54, 1.807) is 36.7 Å². The zero-order valence-corrected chi connectivity index (χ0v) is 25.7. The van der Waals surface area contributed by atoms with Crippen molar-refractivity contribution in [3.8, 4) is 5.75 Å². The molecule has 4 aromatic heterocycles. The van der Waals surface area contributed by atoms with Crippen LogP contribution < -0.4 is 84.3 Å². The molecule has 0 radical (unpaired) electrons. The number of pyridine rings is 3. The van der Waals surface area contributed by atoms with Crippen LogP contribution in [-0.4, -0.2) is 9.97 Å². The summed E-state index contributed by atoms with van der Waals surface area (Å²) in [6.07, 6.45) is 3.47. The molecule has 0 saturated heterocycles. The van der Waals surface area contributed by atoms with Gasteiger partial charge in [0.1, 0.15) is 5.44 Å². The minimum Gasteiger partial charge on any atom is -0.872 e. The van der Waals surface area contributed by atoms with Crippen molar-refractivity contribution >= 4 is 67.1 Å². The molecule has 3 aromatic carbocycles. The molecule has 0 amide bonds. The summed E-state index contributed by atoms with van der Waals surface area (Å²) in [5.74, 6) is -0.198. The first-order valence-corrected chi connectivity index (χ1v) is 13.2. The van der Waals surface area contributed by atoms with Crippen LogP contribution >= 0.6 is 7.14 Å². The molecule has 7 rings (SSSR count). The Kier molecular flexibility index (Phi) is 6.34. The van der Waals surface area contributed by atoms with Crippen LogP contribution in [0.25, 0.3) is 43.9 Å². The van der Waals surface area contributed by atoms with E-state index < -0.39 is 7.14 Å². The summed E-state index contributed by atoms with van der Waals surface area (Å²) in [4.78, 5) is 12.6. The van der Waals surface area contributed by atoms with Gasteiger partial charge in [-0.2, -0.15) is 0 Å². The minimum absolute atomic E-state index is 0. The predicted octanol–water partition coefficient (Wildman–Crippen LogP) is 1.21. The second-order valence-corrected chi connectivity index (χ2v) is 11.3. The molecule has 0 fully saturated rings. The topological polar surface area (TPSA) is 93.2 Å². The first kappa shape index (κ1) is 24.6. The molecule has 1 N–H and O–H groups in total. The van der Waals surface area contributed by atoms with Crippen molar-refractivity contribution in [2.45, 2.75) is 0 Å². The van der Waals surface area contributed by atoms with Gasteiger partial charge in [0, 0.05) is 28.3 Å². The van der Waals surface area contributed by atoms with Crippen LogP contribution in [0, 0.1) is 0 Å². The molecule has 8 heteroatoms. The summed E-state index contributed by atoms with van der Waals surface area (Å²) in [5, 5.41) is 16.2. The van der Waals surface area contributed by atoms with Crippen molar-refractivity contribution in [1.29, 1.82) is 0 Å². The van der Waals surface area contributed by atoms with Crippen molar-refractivity contribution in [3.63, 3.8) is 0 Å². The fourth-order valence-electron chi connectivity index (χ4n) is 4.87. The van der Waals surface area contributed by atoms with Crippen LogP contribution in [-0.2, 0) is 4.57 Å². The SMILES string of the molecule is O=P(c1ccccc1)(c1ccc2ccc3cccnc3c2n1)c1ccc([O-])c2c1oc1ccc[nH+]c12.[Rb+]. The normalized spacial score (nSPS) is 13.1. The molecule has 1 atom stereocenters. The number of nitrogens with one attached hydrogen (secondary N) is 1. The van der Waals surface area contributed by atoms with Gasteiger partial charge in [-0.15, -0.1) is 0 Å². The van der Waals surface area contributed by atoms with E-state index in [1.807, 2.05) is 60.7 Å². The van der Waals surface area contributed by atoms with Crippen molar-refractivity contribution < 1.29 is 77.3 Å². The first-order valence-electron chi connectivity index (χ1n) is 11.5. The molecule has 6 nitrogen and oxygen atoms in total. The molecule has 0 aliphatic rings. The summed E-state index contributed by atoms with van der Waals surface area (Å²) >= 11 is 0. The molecule has 0 spiro atoms. The maximum Gasteiger partial charge on any atom is 1.00 e. The monoisotopic (exact) mass is 572 g/mol. The van der Waals surface area contributed by atoms with Gasteiger partial charge in [-0.05, 0) is 24.3 Å². The zero-order chi connectivity index (χ0) is 24.3. The Morgan fingerprint density at radius 3 is 2.43 bits per heavy atom. The van der Waals surface area contributed by atoms with E-state index in [9.17, 15) is 5.11 Å². The Bertz CT molecular complexity index is 2010. The molecular formula is C29H18N3O3PRb+. The molecular weight excluding hydrogens is 555 g/mol. The van der Waals surface area contributed by atoms with Gasteiger partial charge in [0.2, 0.25) is 0 Å². The van der Waals surface area contributed by atoms with Crippen LogP contribution in [0.5, 0.6) is 5.75 Å². The molecule has 4 heterocycles. The van der Waals surface area contributed by atoms with Gasteiger partial charge in [-0.25, -0.2) is 9.97 Å². The Morgan fingerprint density at radius 1 is 0.811 bits per heavy atom.